The summed E-state index contributed by atoms with van der Waals surface area (Å²) in [6, 6.07) is 15.1. The lowest BCUT2D eigenvalue weighted by Gasteiger charge is -2.10. The van der Waals surface area contributed by atoms with E-state index in [2.05, 4.69) is 20.8 Å². The number of aryl methyl sites for hydroxylation is 1. The van der Waals surface area contributed by atoms with E-state index in [0.717, 1.165) is 28.2 Å². The van der Waals surface area contributed by atoms with E-state index in [1.165, 1.54) is 11.8 Å². The van der Waals surface area contributed by atoms with Gasteiger partial charge in [-0.05, 0) is 32.0 Å². The molecule has 0 fully saturated rings. The third-order valence-electron chi connectivity index (χ3n) is 3.99. The topological polar surface area (TPSA) is 93.2 Å². The van der Waals surface area contributed by atoms with E-state index in [1.54, 1.807) is 0 Å². The van der Waals surface area contributed by atoms with Crippen molar-refractivity contribution in [3.63, 3.8) is 0 Å². The molecule has 0 aliphatic carbocycles. The lowest BCUT2D eigenvalue weighted by atomic mass is 10.2. The minimum Gasteiger partial charge on any atom is -0.494 e. The Morgan fingerprint density at radius 2 is 1.87 bits per heavy atom. The van der Waals surface area contributed by atoms with Gasteiger partial charge in [0.05, 0.1) is 12.4 Å². The van der Waals surface area contributed by atoms with Gasteiger partial charge in [-0.25, -0.2) is 0 Å². The largest absolute Gasteiger partial charge is 0.494 e. The van der Waals surface area contributed by atoms with E-state index in [0.29, 0.717) is 23.2 Å². The minimum absolute atomic E-state index is 0.132. The normalized spacial score (nSPS) is 10.5. The minimum atomic E-state index is -0.319. The molecule has 7 nitrogen and oxygen atoms in total. The first kappa shape index (κ1) is 21.8. The highest BCUT2D eigenvalue weighted by atomic mass is 32.2. The van der Waals surface area contributed by atoms with Crippen LogP contribution < -0.4 is 15.4 Å². The highest BCUT2D eigenvalue weighted by Gasteiger charge is 2.14. The fraction of sp³-hybridized carbons (Fsp3) is 0.238. The Kier molecular flexibility index (Phi) is 7.81. The van der Waals surface area contributed by atoms with Gasteiger partial charge in [0.15, 0.2) is 4.34 Å². The van der Waals surface area contributed by atoms with E-state index in [9.17, 15) is 9.59 Å². The number of hydrogen-bond acceptors (Lipinski definition) is 7. The van der Waals surface area contributed by atoms with E-state index in [1.807, 2.05) is 62.4 Å². The zero-order chi connectivity index (χ0) is 21.3. The van der Waals surface area contributed by atoms with Gasteiger partial charge in [-0.1, -0.05) is 59.0 Å². The standard InChI is InChI=1S/C21H22N4O3S2/c1-3-28-17-7-5-4-6-15(17)12-22-18(26)13-29-21-25-24-20(30-21)19(27)23-16-10-8-14(2)9-11-16/h4-11H,3,12-13H2,1-2H3,(H,22,26)(H,23,27). The highest BCUT2D eigenvalue weighted by molar-refractivity contribution is 8.01. The van der Waals surface area contributed by atoms with Crippen LogP contribution in [0.3, 0.4) is 0 Å². The van der Waals surface area contributed by atoms with Crippen LogP contribution in [0.15, 0.2) is 52.9 Å². The number of thioether (sulfide) groups is 1. The molecule has 2 N–H and O–H groups in total. The van der Waals surface area contributed by atoms with Gasteiger partial charge in [-0.2, -0.15) is 0 Å². The molecule has 0 spiro atoms. The van der Waals surface area contributed by atoms with Crippen LogP contribution in [0.5, 0.6) is 5.75 Å². The van der Waals surface area contributed by atoms with E-state index in [4.69, 9.17) is 4.74 Å². The van der Waals surface area contributed by atoms with Crippen LogP contribution in [0.2, 0.25) is 0 Å². The first-order valence-electron chi connectivity index (χ1n) is 9.37. The smallest absolute Gasteiger partial charge is 0.286 e. The van der Waals surface area contributed by atoms with Crippen molar-refractivity contribution in [2.45, 2.75) is 24.7 Å². The average Bonchev–Trinajstić information content (AvgIpc) is 3.23. The summed E-state index contributed by atoms with van der Waals surface area (Å²) in [5.41, 5.74) is 2.73. The van der Waals surface area contributed by atoms with Crippen molar-refractivity contribution >= 4 is 40.6 Å². The predicted octanol–water partition coefficient (Wildman–Crippen LogP) is 3.91. The van der Waals surface area contributed by atoms with Crippen molar-refractivity contribution in [2.75, 3.05) is 17.7 Å². The molecule has 0 saturated carbocycles. The van der Waals surface area contributed by atoms with Crippen LogP contribution in [0, 0.1) is 6.92 Å². The maximum absolute atomic E-state index is 12.3. The maximum atomic E-state index is 12.3. The summed E-state index contributed by atoms with van der Waals surface area (Å²) in [6.07, 6.45) is 0. The predicted molar refractivity (Wildman–Crippen MR) is 119 cm³/mol. The molecular weight excluding hydrogens is 420 g/mol. The Morgan fingerprint density at radius 1 is 1.10 bits per heavy atom. The number of nitrogens with zero attached hydrogens (tertiary/aromatic N) is 2. The molecule has 0 radical (unpaired) electrons. The average molecular weight is 443 g/mol. The van der Waals surface area contributed by atoms with Gasteiger partial charge in [0.25, 0.3) is 5.91 Å². The Balaban J connectivity index is 1.47. The quantitative estimate of drug-likeness (QED) is 0.488. The monoisotopic (exact) mass is 442 g/mol. The number of carbonyl (C=O) groups is 2. The molecule has 0 atom stereocenters. The number of ether oxygens (including phenoxy) is 1. The molecule has 3 rings (SSSR count). The summed E-state index contributed by atoms with van der Waals surface area (Å²) in [5, 5.41) is 13.8. The lowest BCUT2D eigenvalue weighted by Crippen LogP contribution is -2.24. The van der Waals surface area contributed by atoms with Crippen LogP contribution in [-0.4, -0.2) is 34.4 Å². The number of nitrogens with one attached hydrogen (secondary N) is 2. The van der Waals surface area contributed by atoms with E-state index < -0.39 is 0 Å². The van der Waals surface area contributed by atoms with Gasteiger partial charge >= 0.3 is 0 Å². The molecule has 30 heavy (non-hydrogen) atoms. The molecule has 0 bridgehead atoms. The van der Waals surface area contributed by atoms with Crippen LogP contribution in [0.1, 0.15) is 27.9 Å². The zero-order valence-corrected chi connectivity index (χ0v) is 18.3. The number of anilines is 1. The molecule has 0 unspecified atom stereocenters. The van der Waals surface area contributed by atoms with Crippen molar-refractivity contribution in [1.82, 2.24) is 15.5 Å². The maximum Gasteiger partial charge on any atom is 0.286 e. The second-order valence-corrected chi connectivity index (χ2v) is 8.50. The molecule has 0 aliphatic heterocycles. The second kappa shape index (κ2) is 10.7. The number of para-hydroxylation sites is 1. The Labute approximate surface area is 183 Å². The Morgan fingerprint density at radius 3 is 2.63 bits per heavy atom. The molecule has 2 amide bonds. The van der Waals surface area contributed by atoms with Crippen molar-refractivity contribution in [2.24, 2.45) is 0 Å². The SMILES string of the molecule is CCOc1ccccc1CNC(=O)CSc1nnc(C(=O)Nc2ccc(C)cc2)s1. The summed E-state index contributed by atoms with van der Waals surface area (Å²) in [5.74, 6) is 0.499. The number of aromatic nitrogens is 2. The summed E-state index contributed by atoms with van der Waals surface area (Å²) in [7, 11) is 0. The molecule has 2 aromatic carbocycles. The molecule has 156 valence electrons. The van der Waals surface area contributed by atoms with Gasteiger partial charge < -0.3 is 15.4 Å². The number of rotatable bonds is 9. The third kappa shape index (κ3) is 6.30. The molecule has 0 saturated heterocycles. The number of benzene rings is 2. The second-order valence-electron chi connectivity index (χ2n) is 6.30. The van der Waals surface area contributed by atoms with E-state index >= 15 is 0 Å². The number of amides is 2. The van der Waals surface area contributed by atoms with Gasteiger partial charge in [-0.15, -0.1) is 10.2 Å². The highest BCUT2D eigenvalue weighted by Crippen LogP contribution is 2.23. The van der Waals surface area contributed by atoms with Crippen molar-refractivity contribution in [1.29, 1.82) is 0 Å². The summed E-state index contributed by atoms with van der Waals surface area (Å²) < 4.78 is 6.12. The van der Waals surface area contributed by atoms with E-state index in [-0.39, 0.29) is 22.6 Å². The van der Waals surface area contributed by atoms with Gasteiger partial charge in [0.1, 0.15) is 5.75 Å². The first-order chi connectivity index (χ1) is 14.5. The van der Waals surface area contributed by atoms with Crippen LogP contribution in [0.25, 0.3) is 0 Å². The van der Waals surface area contributed by atoms with Crippen molar-refractivity contribution < 1.29 is 14.3 Å². The molecule has 1 heterocycles. The third-order valence-corrected chi connectivity index (χ3v) is 6.04. The van der Waals surface area contributed by atoms with Gasteiger partial charge in [-0.3, -0.25) is 9.59 Å². The molecular formula is C21H22N4O3S2. The van der Waals surface area contributed by atoms with Crippen LogP contribution in [0.4, 0.5) is 5.69 Å². The van der Waals surface area contributed by atoms with Crippen molar-refractivity contribution in [3.8, 4) is 5.75 Å². The number of hydrogen-bond donors (Lipinski definition) is 2. The fourth-order valence-corrected chi connectivity index (χ4v) is 4.08. The lowest BCUT2D eigenvalue weighted by molar-refractivity contribution is -0.118. The summed E-state index contributed by atoms with van der Waals surface area (Å²) in [4.78, 5) is 24.5. The van der Waals surface area contributed by atoms with Gasteiger partial charge in [0, 0.05) is 17.8 Å². The molecule has 0 aliphatic rings. The summed E-state index contributed by atoms with van der Waals surface area (Å²) in [6.45, 7) is 4.85. The molecule has 9 heteroatoms. The number of carbonyl (C=O) groups excluding carboxylic acids is 2. The Hall–Kier alpha value is -2.91. The molecule has 1 aromatic heterocycles. The van der Waals surface area contributed by atoms with Crippen LogP contribution in [-0.2, 0) is 11.3 Å². The summed E-state index contributed by atoms with van der Waals surface area (Å²) >= 11 is 2.40. The van der Waals surface area contributed by atoms with Gasteiger partial charge in [0.2, 0.25) is 10.9 Å². The fourth-order valence-electron chi connectivity index (χ4n) is 2.50. The first-order valence-corrected chi connectivity index (χ1v) is 11.2. The van der Waals surface area contributed by atoms with Crippen LogP contribution >= 0.6 is 23.1 Å². The zero-order valence-electron chi connectivity index (χ0n) is 16.7. The van der Waals surface area contributed by atoms with Crippen molar-refractivity contribution in [3.05, 3.63) is 64.7 Å². The Bertz CT molecular complexity index is 1010. The molecule has 3 aromatic rings.